The Morgan fingerprint density at radius 3 is 2.61 bits per heavy atom. The number of anilines is 1. The predicted octanol–water partition coefficient (Wildman–Crippen LogP) is 5.22. The second kappa shape index (κ2) is 6.47. The summed E-state index contributed by atoms with van der Waals surface area (Å²) in [5.74, 6) is -0.556. The highest BCUT2D eigenvalue weighted by Gasteiger charge is 2.14. The summed E-state index contributed by atoms with van der Waals surface area (Å²) in [5.41, 5.74) is 0.133. The lowest BCUT2D eigenvalue weighted by molar-refractivity contribution is 0.102. The molecule has 3 rings (SSSR count). The summed E-state index contributed by atoms with van der Waals surface area (Å²) < 4.78 is 6.72. The van der Waals surface area contributed by atoms with E-state index in [-0.39, 0.29) is 5.56 Å². The molecule has 1 amide bonds. The van der Waals surface area contributed by atoms with Crippen LogP contribution in [0.15, 0.2) is 60.6 Å². The summed E-state index contributed by atoms with van der Waals surface area (Å²) in [6.07, 6.45) is 0. The van der Waals surface area contributed by atoms with Crippen LogP contribution in [-0.2, 0) is 0 Å². The molecule has 0 aliphatic rings. The molecule has 0 atom stereocenters. The van der Waals surface area contributed by atoms with Crippen molar-refractivity contribution in [3.05, 3.63) is 72.4 Å². The highest BCUT2D eigenvalue weighted by atomic mass is 79.9. The lowest BCUT2D eigenvalue weighted by Crippen LogP contribution is -2.20. The van der Waals surface area contributed by atoms with Crippen LogP contribution < -0.4 is 10.9 Å². The fourth-order valence-corrected chi connectivity index (χ4v) is 2.83. The van der Waals surface area contributed by atoms with Gasteiger partial charge in [-0.2, -0.15) is 0 Å². The Morgan fingerprint density at radius 1 is 1.09 bits per heavy atom. The minimum atomic E-state index is -0.694. The monoisotopic (exact) mass is 455 g/mol. The first-order valence-corrected chi connectivity index (χ1v) is 8.40. The second-order valence-electron chi connectivity index (χ2n) is 4.71. The Balaban J connectivity index is 1.98. The fraction of sp³-hybridized carbons (Fsp3) is 0. The predicted molar refractivity (Wildman–Crippen MR) is 97.3 cm³/mol. The van der Waals surface area contributed by atoms with Crippen LogP contribution in [-0.4, -0.2) is 5.91 Å². The third kappa shape index (κ3) is 3.49. The number of carbonyl (C=O) groups excluding carboxylic acids is 1. The molecule has 0 fully saturated rings. The molecule has 0 saturated carbocycles. The largest absolute Gasteiger partial charge is 0.422 e. The van der Waals surface area contributed by atoms with Gasteiger partial charge in [-0.25, -0.2) is 4.79 Å². The van der Waals surface area contributed by atoms with Crippen LogP contribution in [0.3, 0.4) is 0 Å². The number of amides is 1. The van der Waals surface area contributed by atoms with Gasteiger partial charge in [0, 0.05) is 20.0 Å². The SMILES string of the molecule is O=C(Nc1ccc(Br)c(Cl)c1)c1cc2cc(Br)ccc2oc1=O. The molecule has 0 bridgehead atoms. The fourth-order valence-electron chi connectivity index (χ4n) is 2.02. The normalized spacial score (nSPS) is 10.7. The van der Waals surface area contributed by atoms with Gasteiger partial charge in [0.05, 0.1) is 5.02 Å². The zero-order valence-corrected chi connectivity index (χ0v) is 15.3. The molecular weight excluding hydrogens is 449 g/mol. The van der Waals surface area contributed by atoms with E-state index in [9.17, 15) is 9.59 Å². The van der Waals surface area contributed by atoms with Crippen molar-refractivity contribution in [3.8, 4) is 0 Å². The van der Waals surface area contributed by atoms with Gasteiger partial charge in [0.1, 0.15) is 11.1 Å². The van der Waals surface area contributed by atoms with Crippen molar-refractivity contribution in [2.24, 2.45) is 0 Å². The summed E-state index contributed by atoms with van der Waals surface area (Å²) >= 11 is 12.6. The highest BCUT2D eigenvalue weighted by molar-refractivity contribution is 9.10. The van der Waals surface area contributed by atoms with E-state index in [1.165, 1.54) is 6.07 Å². The zero-order valence-electron chi connectivity index (χ0n) is 11.4. The molecule has 0 aliphatic heterocycles. The number of carbonyl (C=O) groups is 1. The lowest BCUT2D eigenvalue weighted by Gasteiger charge is -2.06. The van der Waals surface area contributed by atoms with Gasteiger partial charge in [-0.1, -0.05) is 27.5 Å². The molecule has 4 nitrogen and oxygen atoms in total. The van der Waals surface area contributed by atoms with Gasteiger partial charge in [0.25, 0.3) is 5.91 Å². The van der Waals surface area contributed by atoms with Crippen molar-refractivity contribution in [2.75, 3.05) is 5.32 Å². The van der Waals surface area contributed by atoms with Crippen molar-refractivity contribution in [3.63, 3.8) is 0 Å². The highest BCUT2D eigenvalue weighted by Crippen LogP contribution is 2.26. The summed E-state index contributed by atoms with van der Waals surface area (Å²) in [5, 5.41) is 3.74. The first-order chi connectivity index (χ1) is 10.9. The van der Waals surface area contributed by atoms with Crippen LogP contribution in [0.1, 0.15) is 10.4 Å². The summed E-state index contributed by atoms with van der Waals surface area (Å²) in [6.45, 7) is 0. The molecule has 2 aromatic carbocycles. The summed E-state index contributed by atoms with van der Waals surface area (Å²) in [4.78, 5) is 24.3. The molecule has 0 radical (unpaired) electrons. The minimum Gasteiger partial charge on any atom is -0.422 e. The molecule has 0 saturated heterocycles. The average Bonchev–Trinajstić information content (AvgIpc) is 2.50. The number of rotatable bonds is 2. The van der Waals surface area contributed by atoms with E-state index in [2.05, 4.69) is 37.2 Å². The van der Waals surface area contributed by atoms with E-state index >= 15 is 0 Å². The van der Waals surface area contributed by atoms with E-state index < -0.39 is 11.5 Å². The van der Waals surface area contributed by atoms with Crippen LogP contribution in [0.4, 0.5) is 5.69 Å². The molecule has 3 aromatic rings. The minimum absolute atomic E-state index is 0.0744. The third-order valence-electron chi connectivity index (χ3n) is 3.12. The van der Waals surface area contributed by atoms with Crippen molar-refractivity contribution in [1.82, 2.24) is 0 Å². The van der Waals surface area contributed by atoms with E-state index in [1.54, 1.807) is 36.4 Å². The van der Waals surface area contributed by atoms with E-state index in [0.717, 1.165) is 4.47 Å². The topological polar surface area (TPSA) is 59.3 Å². The Hall–Kier alpha value is -1.63. The summed E-state index contributed by atoms with van der Waals surface area (Å²) in [6, 6.07) is 11.7. The molecular formula is C16H8Br2ClNO3. The summed E-state index contributed by atoms with van der Waals surface area (Å²) in [7, 11) is 0. The van der Waals surface area contributed by atoms with Crippen LogP contribution in [0.2, 0.25) is 5.02 Å². The molecule has 1 N–H and O–H groups in total. The quantitative estimate of drug-likeness (QED) is 0.537. The maximum atomic E-state index is 12.3. The molecule has 23 heavy (non-hydrogen) atoms. The molecule has 1 aromatic heterocycles. The van der Waals surface area contributed by atoms with E-state index in [1.807, 2.05) is 0 Å². The molecule has 0 spiro atoms. The maximum Gasteiger partial charge on any atom is 0.349 e. The van der Waals surface area contributed by atoms with Crippen LogP contribution in [0.25, 0.3) is 11.0 Å². The maximum absolute atomic E-state index is 12.3. The Labute approximate surface area is 152 Å². The lowest BCUT2D eigenvalue weighted by atomic mass is 10.1. The number of nitrogens with one attached hydrogen (secondary N) is 1. The van der Waals surface area contributed by atoms with Gasteiger partial charge in [0.15, 0.2) is 0 Å². The molecule has 0 unspecified atom stereocenters. The number of fused-ring (bicyclic) bond motifs is 1. The molecule has 1 heterocycles. The Kier molecular flexibility index (Phi) is 4.57. The van der Waals surface area contributed by atoms with Crippen molar-refractivity contribution >= 4 is 66.0 Å². The zero-order chi connectivity index (χ0) is 16.6. The van der Waals surface area contributed by atoms with Crippen LogP contribution in [0, 0.1) is 0 Å². The van der Waals surface area contributed by atoms with Gasteiger partial charge in [-0.3, -0.25) is 4.79 Å². The average molecular weight is 458 g/mol. The first kappa shape index (κ1) is 16.2. The standard InChI is InChI=1S/C16H8Br2ClNO3/c17-9-1-4-14-8(5-9)6-11(16(22)23-14)15(21)20-10-2-3-12(18)13(19)7-10/h1-7H,(H,20,21). The van der Waals surface area contributed by atoms with Gasteiger partial charge in [0.2, 0.25) is 0 Å². The number of benzene rings is 2. The van der Waals surface area contributed by atoms with Crippen molar-refractivity contribution < 1.29 is 9.21 Å². The smallest absolute Gasteiger partial charge is 0.349 e. The van der Waals surface area contributed by atoms with Gasteiger partial charge in [-0.05, 0) is 58.4 Å². The van der Waals surface area contributed by atoms with E-state index in [0.29, 0.717) is 26.2 Å². The van der Waals surface area contributed by atoms with E-state index in [4.69, 9.17) is 16.0 Å². The van der Waals surface area contributed by atoms with Crippen LogP contribution in [0.5, 0.6) is 0 Å². The second-order valence-corrected chi connectivity index (χ2v) is 6.89. The third-order valence-corrected chi connectivity index (χ3v) is 4.84. The van der Waals surface area contributed by atoms with Gasteiger partial charge < -0.3 is 9.73 Å². The van der Waals surface area contributed by atoms with Gasteiger partial charge >= 0.3 is 5.63 Å². The molecule has 0 aliphatic carbocycles. The Morgan fingerprint density at radius 2 is 1.87 bits per heavy atom. The molecule has 116 valence electrons. The van der Waals surface area contributed by atoms with Crippen molar-refractivity contribution in [1.29, 1.82) is 0 Å². The Bertz CT molecular complexity index is 985. The van der Waals surface area contributed by atoms with Gasteiger partial charge in [-0.15, -0.1) is 0 Å². The van der Waals surface area contributed by atoms with Crippen molar-refractivity contribution in [2.45, 2.75) is 0 Å². The van der Waals surface area contributed by atoms with Crippen LogP contribution >= 0.6 is 43.5 Å². The first-order valence-electron chi connectivity index (χ1n) is 6.44. The number of halogens is 3. The molecule has 7 heteroatoms. The number of hydrogen-bond acceptors (Lipinski definition) is 3. The number of hydrogen-bond donors (Lipinski definition) is 1.